The third-order valence-corrected chi connectivity index (χ3v) is 3.71. The van der Waals surface area contributed by atoms with Crippen LogP contribution in [0, 0.1) is 13.8 Å². The molecule has 0 N–H and O–H groups in total. The van der Waals surface area contributed by atoms with Gasteiger partial charge in [-0.15, -0.1) is 11.6 Å². The van der Waals surface area contributed by atoms with Gasteiger partial charge in [0.2, 0.25) is 0 Å². The van der Waals surface area contributed by atoms with E-state index in [0.29, 0.717) is 10.9 Å². The largest absolute Gasteiger partial charge is 0.279 e. The fourth-order valence-electron chi connectivity index (χ4n) is 2.28. The summed E-state index contributed by atoms with van der Waals surface area (Å²) < 4.78 is 1.98. The topological polar surface area (TPSA) is 30.7 Å². The first kappa shape index (κ1) is 13.4. The maximum atomic E-state index is 6.12. The number of rotatable bonds is 2. The fourth-order valence-corrected chi connectivity index (χ4v) is 2.62. The molecule has 0 saturated carbocycles. The van der Waals surface area contributed by atoms with Crippen LogP contribution >= 0.6 is 23.2 Å². The molecule has 20 heavy (non-hydrogen) atoms. The van der Waals surface area contributed by atoms with Crippen LogP contribution in [0.2, 0.25) is 5.02 Å². The average Bonchev–Trinajstić information content (AvgIpc) is 2.78. The number of halogens is 2. The summed E-state index contributed by atoms with van der Waals surface area (Å²) in [6, 6.07) is 7.78. The number of fused-ring (bicyclic) bond motifs is 1. The van der Waals surface area contributed by atoms with Crippen LogP contribution < -0.4 is 0 Å². The quantitative estimate of drug-likeness (QED) is 0.656. The maximum absolute atomic E-state index is 6.12. The number of aromatic nitrogens is 3. The Balaban J connectivity index is 2.37. The highest BCUT2D eigenvalue weighted by Gasteiger charge is 2.14. The Morgan fingerprint density at radius 1 is 1.20 bits per heavy atom. The van der Waals surface area contributed by atoms with Crippen molar-refractivity contribution >= 4 is 34.4 Å². The van der Waals surface area contributed by atoms with Crippen molar-refractivity contribution in [3.8, 4) is 5.69 Å². The SMILES string of the molecule is Cc1cnc2c(c1)nc(CCl)n2-c1cc(Cl)ccc1C. The Morgan fingerprint density at radius 3 is 2.75 bits per heavy atom. The van der Waals surface area contributed by atoms with Gasteiger partial charge >= 0.3 is 0 Å². The summed E-state index contributed by atoms with van der Waals surface area (Å²) in [5, 5.41) is 0.681. The molecule has 0 saturated heterocycles. The highest BCUT2D eigenvalue weighted by Crippen LogP contribution is 2.26. The van der Waals surface area contributed by atoms with Gasteiger partial charge in [-0.2, -0.15) is 0 Å². The van der Waals surface area contributed by atoms with Gasteiger partial charge in [0.15, 0.2) is 5.65 Å². The lowest BCUT2D eigenvalue weighted by Gasteiger charge is -2.11. The number of hydrogen-bond acceptors (Lipinski definition) is 2. The van der Waals surface area contributed by atoms with Crippen molar-refractivity contribution in [3.05, 3.63) is 52.4 Å². The Kier molecular flexibility index (Phi) is 3.40. The van der Waals surface area contributed by atoms with E-state index in [4.69, 9.17) is 23.2 Å². The molecule has 3 nitrogen and oxygen atoms in total. The van der Waals surface area contributed by atoms with Crippen LogP contribution in [0.25, 0.3) is 16.9 Å². The highest BCUT2D eigenvalue weighted by molar-refractivity contribution is 6.30. The van der Waals surface area contributed by atoms with Crippen molar-refractivity contribution in [2.24, 2.45) is 0 Å². The molecule has 0 aliphatic rings. The normalized spacial score (nSPS) is 11.2. The molecule has 5 heteroatoms. The van der Waals surface area contributed by atoms with E-state index >= 15 is 0 Å². The van der Waals surface area contributed by atoms with Crippen molar-refractivity contribution in [3.63, 3.8) is 0 Å². The summed E-state index contributed by atoms with van der Waals surface area (Å²) in [5.41, 5.74) is 4.79. The number of nitrogens with zero attached hydrogens (tertiary/aromatic N) is 3. The van der Waals surface area contributed by atoms with Gasteiger partial charge in [0.25, 0.3) is 0 Å². The molecule has 0 bridgehead atoms. The van der Waals surface area contributed by atoms with Crippen molar-refractivity contribution in [2.45, 2.75) is 19.7 Å². The zero-order valence-electron chi connectivity index (χ0n) is 11.2. The predicted octanol–water partition coefficient (Wildman–Crippen LogP) is 4.43. The molecule has 3 rings (SSSR count). The first-order valence-corrected chi connectivity index (χ1v) is 7.18. The van der Waals surface area contributed by atoms with Crippen molar-refractivity contribution in [2.75, 3.05) is 0 Å². The molecule has 0 atom stereocenters. The first-order chi connectivity index (χ1) is 9.60. The van der Waals surface area contributed by atoms with Crippen LogP contribution in [0.5, 0.6) is 0 Å². The smallest absolute Gasteiger partial charge is 0.164 e. The molecule has 102 valence electrons. The van der Waals surface area contributed by atoms with Crippen molar-refractivity contribution < 1.29 is 0 Å². The van der Waals surface area contributed by atoms with Gasteiger partial charge < -0.3 is 0 Å². The lowest BCUT2D eigenvalue weighted by atomic mass is 10.2. The van der Waals surface area contributed by atoms with Crippen LogP contribution in [0.15, 0.2) is 30.5 Å². The number of pyridine rings is 1. The summed E-state index contributed by atoms with van der Waals surface area (Å²) in [6.07, 6.45) is 1.83. The molecule has 2 heterocycles. The summed E-state index contributed by atoms with van der Waals surface area (Å²) in [7, 11) is 0. The van der Waals surface area contributed by atoms with E-state index in [0.717, 1.165) is 33.8 Å². The molecular formula is C15H13Cl2N3. The zero-order valence-corrected chi connectivity index (χ0v) is 12.7. The predicted molar refractivity (Wildman–Crippen MR) is 82.9 cm³/mol. The highest BCUT2D eigenvalue weighted by atomic mass is 35.5. The van der Waals surface area contributed by atoms with Crippen LogP contribution in [0.1, 0.15) is 17.0 Å². The molecule has 1 aromatic carbocycles. The Labute approximate surface area is 127 Å². The lowest BCUT2D eigenvalue weighted by Crippen LogP contribution is -2.02. The number of aryl methyl sites for hydroxylation is 2. The number of alkyl halides is 1. The van der Waals surface area contributed by atoms with E-state index in [1.54, 1.807) is 0 Å². The summed E-state index contributed by atoms with van der Waals surface area (Å²) in [6.45, 7) is 4.03. The van der Waals surface area contributed by atoms with Gasteiger partial charge in [-0.05, 0) is 43.2 Å². The van der Waals surface area contributed by atoms with E-state index < -0.39 is 0 Å². The zero-order chi connectivity index (χ0) is 14.3. The van der Waals surface area contributed by atoms with Gasteiger partial charge in [0, 0.05) is 11.2 Å². The van der Waals surface area contributed by atoms with E-state index in [1.165, 1.54) is 0 Å². The van der Waals surface area contributed by atoms with Gasteiger partial charge in [-0.3, -0.25) is 4.57 Å². The number of hydrogen-bond donors (Lipinski definition) is 0. The summed E-state index contributed by atoms with van der Waals surface area (Å²) in [5.74, 6) is 1.09. The number of benzene rings is 1. The molecule has 0 aliphatic heterocycles. The molecule has 0 radical (unpaired) electrons. The van der Waals surface area contributed by atoms with E-state index in [1.807, 2.05) is 48.9 Å². The van der Waals surface area contributed by atoms with Crippen LogP contribution in [-0.4, -0.2) is 14.5 Å². The van der Waals surface area contributed by atoms with Crippen molar-refractivity contribution in [1.82, 2.24) is 14.5 Å². The minimum absolute atomic E-state index is 0.321. The van der Waals surface area contributed by atoms with E-state index in [2.05, 4.69) is 9.97 Å². The second kappa shape index (κ2) is 5.08. The van der Waals surface area contributed by atoms with Gasteiger partial charge in [0.1, 0.15) is 11.3 Å². The van der Waals surface area contributed by atoms with Crippen LogP contribution in [-0.2, 0) is 5.88 Å². The number of imidazole rings is 1. The monoisotopic (exact) mass is 305 g/mol. The molecule has 0 amide bonds. The molecule has 0 aliphatic carbocycles. The molecule has 0 spiro atoms. The van der Waals surface area contributed by atoms with E-state index in [-0.39, 0.29) is 0 Å². The van der Waals surface area contributed by atoms with Gasteiger partial charge in [-0.25, -0.2) is 9.97 Å². The molecule has 0 fully saturated rings. The average molecular weight is 306 g/mol. The second-order valence-corrected chi connectivity index (χ2v) is 5.49. The molecular weight excluding hydrogens is 293 g/mol. The van der Waals surface area contributed by atoms with E-state index in [9.17, 15) is 0 Å². The van der Waals surface area contributed by atoms with Gasteiger partial charge in [0.05, 0.1) is 11.6 Å². The summed E-state index contributed by atoms with van der Waals surface area (Å²) in [4.78, 5) is 9.06. The van der Waals surface area contributed by atoms with Crippen LogP contribution in [0.3, 0.4) is 0 Å². The lowest BCUT2D eigenvalue weighted by molar-refractivity contribution is 0.960. The second-order valence-electron chi connectivity index (χ2n) is 4.78. The third-order valence-electron chi connectivity index (χ3n) is 3.23. The minimum Gasteiger partial charge on any atom is -0.279 e. The van der Waals surface area contributed by atoms with Crippen molar-refractivity contribution in [1.29, 1.82) is 0 Å². The Hall–Kier alpha value is -1.58. The Bertz CT molecular complexity index is 793. The van der Waals surface area contributed by atoms with Gasteiger partial charge in [-0.1, -0.05) is 17.7 Å². The summed E-state index contributed by atoms with van der Waals surface area (Å²) >= 11 is 12.2. The minimum atomic E-state index is 0.321. The molecule has 3 aromatic rings. The molecule has 2 aromatic heterocycles. The van der Waals surface area contributed by atoms with Crippen LogP contribution in [0.4, 0.5) is 0 Å². The fraction of sp³-hybridized carbons (Fsp3) is 0.200. The first-order valence-electron chi connectivity index (χ1n) is 6.26. The standard InChI is InChI=1S/C15H13Cl2N3/c1-9-5-12-15(18-8-9)20(14(7-16)19-12)13-6-11(17)4-3-10(13)2/h3-6,8H,7H2,1-2H3. The molecule has 0 unspecified atom stereocenters. The third kappa shape index (κ3) is 2.17. The Morgan fingerprint density at radius 2 is 2.00 bits per heavy atom. The maximum Gasteiger partial charge on any atom is 0.164 e.